The van der Waals surface area contributed by atoms with Crippen LogP contribution in [0.5, 0.6) is 0 Å². The van der Waals surface area contributed by atoms with E-state index in [2.05, 4.69) is 15.5 Å². The van der Waals surface area contributed by atoms with Gasteiger partial charge in [-0.3, -0.25) is 0 Å². The highest BCUT2D eigenvalue weighted by Crippen LogP contribution is 2.48. The van der Waals surface area contributed by atoms with E-state index in [1.54, 1.807) is 0 Å². The first-order chi connectivity index (χ1) is 10.3. The highest BCUT2D eigenvalue weighted by Gasteiger charge is 2.43. The Hall–Kier alpha value is -1.47. The van der Waals surface area contributed by atoms with Crippen molar-refractivity contribution < 1.29 is 16.8 Å². The summed E-state index contributed by atoms with van der Waals surface area (Å²) < 4.78 is 53.2. The number of nitrogens with zero attached hydrogens (tertiary/aromatic N) is 1. The Morgan fingerprint density at radius 3 is 2.14 bits per heavy atom. The summed E-state index contributed by atoms with van der Waals surface area (Å²) in [5, 5.41) is 8.76. The Labute approximate surface area is 130 Å². The van der Waals surface area contributed by atoms with Gasteiger partial charge in [-0.2, -0.15) is 5.26 Å². The largest absolute Gasteiger partial charge is 0.241 e. The van der Waals surface area contributed by atoms with Crippen LogP contribution in [0.3, 0.4) is 0 Å². The van der Waals surface area contributed by atoms with Gasteiger partial charge in [0.2, 0.25) is 20.0 Å². The van der Waals surface area contributed by atoms with Crippen LogP contribution in [0.15, 0.2) is 34.1 Å². The number of nitrogens with one attached hydrogen (secondary N) is 2. The fraction of sp³-hybridized carbons (Fsp3) is 0.462. The smallest absolute Gasteiger partial charge is 0.214 e. The standard InChI is InChI=1S/C13H17N3O4S2/c1-15-21(17,18)11-4-2-3-5-12(11)22(19,20)16-10-13(6-7-13)8-9-14/h2-5,15-16H,6-8,10H2,1H3. The second-order valence-electron chi connectivity index (χ2n) is 5.31. The number of rotatable bonds is 7. The monoisotopic (exact) mass is 343 g/mol. The van der Waals surface area contributed by atoms with E-state index in [4.69, 9.17) is 5.26 Å². The summed E-state index contributed by atoms with van der Waals surface area (Å²) >= 11 is 0. The van der Waals surface area contributed by atoms with E-state index in [1.165, 1.54) is 31.3 Å². The molecule has 1 saturated carbocycles. The molecule has 1 fully saturated rings. The van der Waals surface area contributed by atoms with Crippen molar-refractivity contribution >= 4 is 20.0 Å². The van der Waals surface area contributed by atoms with Crippen molar-refractivity contribution in [1.29, 1.82) is 5.26 Å². The molecule has 2 N–H and O–H groups in total. The molecular formula is C13H17N3O4S2. The summed E-state index contributed by atoms with van der Waals surface area (Å²) in [7, 11) is -6.64. The first-order valence-corrected chi connectivity index (χ1v) is 9.62. The molecule has 1 aliphatic carbocycles. The van der Waals surface area contributed by atoms with Crippen molar-refractivity contribution in [1.82, 2.24) is 9.44 Å². The van der Waals surface area contributed by atoms with Crippen LogP contribution in [0.25, 0.3) is 0 Å². The molecule has 7 nitrogen and oxygen atoms in total. The molecule has 2 rings (SSSR count). The summed E-state index contributed by atoms with van der Waals surface area (Å²) in [6.07, 6.45) is 1.87. The predicted octanol–water partition coefficient (Wildman–Crippen LogP) is 0.567. The first-order valence-electron chi connectivity index (χ1n) is 6.66. The van der Waals surface area contributed by atoms with Crippen LogP contribution in [-0.4, -0.2) is 30.4 Å². The normalized spacial score (nSPS) is 16.9. The first kappa shape index (κ1) is 16.9. The average molecular weight is 343 g/mol. The molecule has 22 heavy (non-hydrogen) atoms. The highest BCUT2D eigenvalue weighted by atomic mass is 32.2. The maximum atomic E-state index is 12.4. The molecule has 120 valence electrons. The van der Waals surface area contributed by atoms with Gasteiger partial charge in [-0.25, -0.2) is 26.3 Å². The van der Waals surface area contributed by atoms with E-state index < -0.39 is 20.0 Å². The zero-order chi connectivity index (χ0) is 16.4. The predicted molar refractivity (Wildman–Crippen MR) is 79.8 cm³/mol. The lowest BCUT2D eigenvalue weighted by Crippen LogP contribution is -2.32. The topological polar surface area (TPSA) is 116 Å². The number of benzene rings is 1. The molecule has 0 heterocycles. The van der Waals surface area contributed by atoms with Gasteiger partial charge in [0.15, 0.2) is 0 Å². The Morgan fingerprint density at radius 2 is 1.68 bits per heavy atom. The van der Waals surface area contributed by atoms with Crippen LogP contribution in [0.2, 0.25) is 0 Å². The molecule has 0 unspecified atom stereocenters. The highest BCUT2D eigenvalue weighted by molar-refractivity contribution is 7.92. The van der Waals surface area contributed by atoms with Crippen LogP contribution in [0.4, 0.5) is 0 Å². The zero-order valence-electron chi connectivity index (χ0n) is 12.0. The van der Waals surface area contributed by atoms with E-state index >= 15 is 0 Å². The van der Waals surface area contributed by atoms with Crippen molar-refractivity contribution in [3.8, 4) is 6.07 Å². The van der Waals surface area contributed by atoms with Gasteiger partial charge in [0, 0.05) is 13.0 Å². The fourth-order valence-electron chi connectivity index (χ4n) is 2.09. The van der Waals surface area contributed by atoms with E-state index in [9.17, 15) is 16.8 Å². The Kier molecular flexibility index (Phi) is 4.58. The molecule has 0 aliphatic heterocycles. The SMILES string of the molecule is CNS(=O)(=O)c1ccccc1S(=O)(=O)NCC1(CC#N)CC1. The van der Waals surface area contributed by atoms with Gasteiger partial charge >= 0.3 is 0 Å². The number of hydrogen-bond donors (Lipinski definition) is 2. The van der Waals surface area contributed by atoms with Crippen LogP contribution < -0.4 is 9.44 Å². The molecule has 0 spiro atoms. The van der Waals surface area contributed by atoms with E-state index in [0.29, 0.717) is 0 Å². The van der Waals surface area contributed by atoms with Gasteiger partial charge in [-0.05, 0) is 37.4 Å². The minimum Gasteiger partial charge on any atom is -0.214 e. The van der Waals surface area contributed by atoms with Crippen molar-refractivity contribution in [2.45, 2.75) is 29.1 Å². The maximum Gasteiger partial charge on any atom is 0.241 e. The van der Waals surface area contributed by atoms with Gasteiger partial charge < -0.3 is 0 Å². The minimum absolute atomic E-state index is 0.136. The lowest BCUT2D eigenvalue weighted by atomic mass is 10.1. The Balaban J connectivity index is 2.30. The van der Waals surface area contributed by atoms with Crippen molar-refractivity contribution in [2.24, 2.45) is 5.41 Å². The number of nitriles is 1. The maximum absolute atomic E-state index is 12.4. The Morgan fingerprint density at radius 1 is 1.14 bits per heavy atom. The summed E-state index contributed by atoms with van der Waals surface area (Å²) in [6.45, 7) is 0.136. The lowest BCUT2D eigenvalue weighted by molar-refractivity contribution is 0.499. The third-order valence-corrected chi connectivity index (χ3v) is 6.81. The van der Waals surface area contributed by atoms with Crippen molar-refractivity contribution in [3.05, 3.63) is 24.3 Å². The van der Waals surface area contributed by atoms with Gasteiger partial charge in [-0.15, -0.1) is 0 Å². The molecule has 1 aromatic rings. The average Bonchev–Trinajstić information content (AvgIpc) is 3.26. The summed E-state index contributed by atoms with van der Waals surface area (Å²) in [5.74, 6) is 0. The third-order valence-electron chi connectivity index (χ3n) is 3.75. The minimum atomic E-state index is -3.97. The summed E-state index contributed by atoms with van der Waals surface area (Å²) in [6, 6.07) is 7.46. The van der Waals surface area contributed by atoms with Crippen molar-refractivity contribution in [2.75, 3.05) is 13.6 Å². The van der Waals surface area contributed by atoms with Gasteiger partial charge in [0.05, 0.1) is 6.07 Å². The molecule has 0 atom stereocenters. The van der Waals surface area contributed by atoms with Crippen LogP contribution >= 0.6 is 0 Å². The summed E-state index contributed by atoms with van der Waals surface area (Å²) in [4.78, 5) is -0.591. The molecule has 1 aromatic carbocycles. The van der Waals surface area contributed by atoms with Crippen LogP contribution in [-0.2, 0) is 20.0 Å². The van der Waals surface area contributed by atoms with E-state index in [0.717, 1.165) is 12.8 Å². The van der Waals surface area contributed by atoms with Crippen LogP contribution in [0.1, 0.15) is 19.3 Å². The molecule has 0 bridgehead atoms. The van der Waals surface area contributed by atoms with E-state index in [1.807, 2.05) is 0 Å². The number of hydrogen-bond acceptors (Lipinski definition) is 5. The third kappa shape index (κ3) is 3.47. The molecule has 1 aliphatic rings. The molecule has 0 aromatic heterocycles. The molecule has 9 heteroatoms. The van der Waals surface area contributed by atoms with Gasteiger partial charge in [0.25, 0.3) is 0 Å². The molecular weight excluding hydrogens is 326 g/mol. The van der Waals surface area contributed by atoms with Crippen molar-refractivity contribution in [3.63, 3.8) is 0 Å². The second kappa shape index (κ2) is 5.96. The lowest BCUT2D eigenvalue weighted by Gasteiger charge is -2.15. The fourth-order valence-corrected chi connectivity index (χ4v) is 4.80. The summed E-state index contributed by atoms with van der Waals surface area (Å²) in [5.41, 5.74) is -0.307. The molecule has 0 amide bonds. The number of sulfonamides is 2. The van der Waals surface area contributed by atoms with Gasteiger partial charge in [0.1, 0.15) is 9.79 Å². The Bertz CT molecular complexity index is 806. The molecule has 0 radical (unpaired) electrons. The van der Waals surface area contributed by atoms with Crippen LogP contribution in [0, 0.1) is 16.7 Å². The van der Waals surface area contributed by atoms with E-state index in [-0.39, 0.29) is 28.2 Å². The molecule has 0 saturated heterocycles. The quantitative estimate of drug-likeness (QED) is 0.750. The van der Waals surface area contributed by atoms with Gasteiger partial charge in [-0.1, -0.05) is 12.1 Å². The zero-order valence-corrected chi connectivity index (χ0v) is 13.7. The second-order valence-corrected chi connectivity index (χ2v) is 8.90.